The van der Waals surface area contributed by atoms with Gasteiger partial charge in [0.1, 0.15) is 30.5 Å². The molecule has 17 nitrogen and oxygen atoms in total. The molecule has 0 N–H and O–H groups in total. The van der Waals surface area contributed by atoms with Crippen LogP contribution in [0.15, 0.2) is 48.6 Å². The van der Waals surface area contributed by atoms with Crippen molar-refractivity contribution in [1.29, 1.82) is 0 Å². The molecule has 135 heavy (non-hydrogen) atoms. The highest BCUT2D eigenvalue weighted by Crippen LogP contribution is 2.24. The topological polar surface area (TPSA) is 178 Å². The summed E-state index contributed by atoms with van der Waals surface area (Å²) in [5, 5.41) is 0. The van der Waals surface area contributed by atoms with Crippen LogP contribution in [0.2, 0.25) is 0 Å². The average Bonchev–Trinajstić information content (AvgIpc) is 0.859. The molecule has 0 saturated carbocycles. The van der Waals surface area contributed by atoms with Crippen molar-refractivity contribution in [3.63, 3.8) is 0 Å². The number of ether oxygens (including phenoxy) is 9. The molecule has 0 spiro atoms. The minimum absolute atomic E-state index is 0.0203. The van der Waals surface area contributed by atoms with Crippen molar-refractivity contribution in [3.8, 4) is 0 Å². The first-order valence-electron chi connectivity index (χ1n) is 57.8. The summed E-state index contributed by atoms with van der Waals surface area (Å²) in [7, 11) is 12.1. The van der Waals surface area contributed by atoms with Gasteiger partial charge in [-0.3, -0.25) is 9.59 Å². The SMILES string of the molecule is CCCCC/C=C\C/C=C\CCCCCCCCC(COCCCCCCCC/C=C\C[C@@H](CCCCCC)OC(C)=O)OC(=O)OCCCN(C)C.CCCCCCCCCCC(CCCCCCC/C=C\C[C@@H](CCCCCC)OC(C)=O)OC(=O)OCCCN(C)C.CCCCCCCCCCCCCCCCCCCC(CCCCCCCCCC)OC(=O)OCCCN(C)C. The summed E-state index contributed by atoms with van der Waals surface area (Å²) in [6.07, 6.45) is 111. The summed E-state index contributed by atoms with van der Waals surface area (Å²) in [5.41, 5.74) is 0. The van der Waals surface area contributed by atoms with Crippen molar-refractivity contribution >= 4 is 30.4 Å². The van der Waals surface area contributed by atoms with Crippen LogP contribution in [-0.4, -0.2) is 171 Å². The smallest absolute Gasteiger partial charge is 0.462 e. The first-order valence-corrected chi connectivity index (χ1v) is 57.8. The fourth-order valence-electron chi connectivity index (χ4n) is 17.1. The Balaban J connectivity index is -0.00000196. The number of carbonyl (C=O) groups is 5. The van der Waals surface area contributed by atoms with Crippen LogP contribution < -0.4 is 0 Å². The summed E-state index contributed by atoms with van der Waals surface area (Å²) >= 11 is 0. The molecule has 0 amide bonds. The Morgan fingerprint density at radius 2 is 0.422 bits per heavy atom. The van der Waals surface area contributed by atoms with E-state index >= 15 is 0 Å². The Labute approximate surface area is 837 Å². The second-order valence-corrected chi connectivity index (χ2v) is 40.2. The first kappa shape index (κ1) is 135. The number of esters is 2. The van der Waals surface area contributed by atoms with E-state index in [1.165, 1.54) is 354 Å². The third-order valence-corrected chi connectivity index (χ3v) is 25.5. The number of hydrogen-bond acceptors (Lipinski definition) is 17. The van der Waals surface area contributed by atoms with Crippen molar-refractivity contribution in [2.24, 2.45) is 0 Å². The number of unbranched alkanes of at least 4 members (excludes halogenated alkanes) is 56. The lowest BCUT2D eigenvalue weighted by Gasteiger charge is -2.18. The van der Waals surface area contributed by atoms with E-state index in [0.717, 1.165) is 180 Å². The Hall–Kier alpha value is -4.45. The molecular weight excluding hydrogens is 1680 g/mol. The molecule has 0 aromatic carbocycles. The van der Waals surface area contributed by atoms with Gasteiger partial charge in [-0.1, -0.05) is 405 Å². The third-order valence-electron chi connectivity index (χ3n) is 25.5. The molecule has 0 aliphatic heterocycles. The van der Waals surface area contributed by atoms with Gasteiger partial charge in [0.05, 0.1) is 26.4 Å². The highest BCUT2D eigenvalue weighted by Gasteiger charge is 2.20. The van der Waals surface area contributed by atoms with Crippen LogP contribution in [0.4, 0.5) is 14.4 Å². The van der Waals surface area contributed by atoms with Crippen LogP contribution in [-0.2, 0) is 52.2 Å². The van der Waals surface area contributed by atoms with Gasteiger partial charge in [-0.2, -0.15) is 0 Å². The number of rotatable bonds is 101. The molecule has 17 heteroatoms. The van der Waals surface area contributed by atoms with Gasteiger partial charge in [-0.05, 0) is 216 Å². The van der Waals surface area contributed by atoms with E-state index in [9.17, 15) is 24.0 Å². The predicted molar refractivity (Wildman–Crippen MR) is 577 cm³/mol. The molecule has 0 aromatic rings. The fraction of sp³-hybridized carbons (Fsp3) is 0.890. The van der Waals surface area contributed by atoms with Gasteiger partial charge in [-0.25, -0.2) is 14.4 Å². The molecule has 0 radical (unpaired) electrons. The molecule has 0 heterocycles. The van der Waals surface area contributed by atoms with E-state index in [2.05, 4.69) is 105 Å². The highest BCUT2D eigenvalue weighted by molar-refractivity contribution is 5.66. The Morgan fingerprint density at radius 1 is 0.215 bits per heavy atom. The lowest BCUT2D eigenvalue weighted by molar-refractivity contribution is -0.147. The van der Waals surface area contributed by atoms with E-state index in [-0.39, 0.29) is 42.5 Å². The molecule has 0 bridgehead atoms. The molecular formula is C118H227N3O14. The minimum atomic E-state index is -0.570. The Morgan fingerprint density at radius 3 is 0.689 bits per heavy atom. The van der Waals surface area contributed by atoms with E-state index < -0.39 is 18.5 Å². The predicted octanol–water partition coefficient (Wildman–Crippen LogP) is 35.9. The second-order valence-electron chi connectivity index (χ2n) is 40.2. The van der Waals surface area contributed by atoms with Gasteiger partial charge in [0.2, 0.25) is 0 Å². The minimum Gasteiger partial charge on any atom is -0.462 e. The van der Waals surface area contributed by atoms with Crippen LogP contribution in [0.1, 0.15) is 556 Å². The van der Waals surface area contributed by atoms with Crippen LogP contribution in [0.3, 0.4) is 0 Å². The van der Waals surface area contributed by atoms with Gasteiger partial charge in [-0.15, -0.1) is 0 Å². The monoisotopic (exact) mass is 1910 g/mol. The molecule has 0 fully saturated rings. The molecule has 5 atom stereocenters. The molecule has 0 rings (SSSR count). The molecule has 0 aliphatic rings. The maximum atomic E-state index is 12.4. The average molecular weight is 1910 g/mol. The number of nitrogens with zero attached hydrogens (tertiary/aromatic N) is 3. The van der Waals surface area contributed by atoms with E-state index in [1.54, 1.807) is 0 Å². The van der Waals surface area contributed by atoms with Crippen molar-refractivity contribution < 1.29 is 66.6 Å². The van der Waals surface area contributed by atoms with E-state index in [0.29, 0.717) is 33.0 Å². The standard InChI is InChI=1S/C46H85NO6.C36H69NO5.C36H73NO3/c1-6-8-10-12-13-14-15-16-17-18-19-20-22-26-29-33-38-45(53-46(49)51-41-35-39-47(4)5)42-50-40-34-30-27-24-21-23-25-28-32-37-44(52-43(3)48)36-31-11-9-7-2;1-6-8-10-12-13-16-20-24-29-35(42-36(39)40-32-26-31-37(4)5)30-25-21-18-15-14-17-19-23-28-34(41-33(3)38)27-22-11-9-7-2;1-5-7-9-11-13-15-16-17-18-19-20-21-22-23-25-27-29-32-35(31-28-26-24-14-12-10-8-6-2)40-36(38)39-34-30-33-37(3)4/h13-14,16-17,28,32,44-45H,6-12,15,18-27,29-31,33-42H2,1-5H3;19,23,34-35H,6-18,20-22,24-32H2,1-5H3;35H,5-34H2,1-4H3/b14-13-,17-16-,32-28-;23-19-;/t44-,45?;34-,35?;/m11./s1. The summed E-state index contributed by atoms with van der Waals surface area (Å²) in [6.45, 7) is 21.6. The maximum Gasteiger partial charge on any atom is 0.508 e. The van der Waals surface area contributed by atoms with E-state index in [4.69, 9.17) is 42.6 Å². The van der Waals surface area contributed by atoms with Crippen LogP contribution in [0.5, 0.6) is 0 Å². The molecule has 0 aromatic heterocycles. The fourth-order valence-corrected chi connectivity index (χ4v) is 17.1. The van der Waals surface area contributed by atoms with Gasteiger partial charge in [0.25, 0.3) is 0 Å². The van der Waals surface area contributed by atoms with Gasteiger partial charge >= 0.3 is 30.4 Å². The zero-order valence-corrected chi connectivity index (χ0v) is 91.9. The molecule has 798 valence electrons. The van der Waals surface area contributed by atoms with Crippen molar-refractivity contribution in [2.75, 3.05) is 95.0 Å². The zero-order chi connectivity index (χ0) is 99.3. The van der Waals surface area contributed by atoms with Gasteiger partial charge in [0, 0.05) is 52.9 Å². The lowest BCUT2D eigenvalue weighted by Crippen LogP contribution is -2.25. The highest BCUT2D eigenvalue weighted by atomic mass is 16.7. The summed E-state index contributed by atoms with van der Waals surface area (Å²) in [4.78, 5) is 66.0. The van der Waals surface area contributed by atoms with Crippen LogP contribution in [0, 0.1) is 0 Å². The molecule has 3 unspecified atom stereocenters. The second kappa shape index (κ2) is 113. The largest absolute Gasteiger partial charge is 0.508 e. The quantitative estimate of drug-likeness (QED) is 0.0243. The van der Waals surface area contributed by atoms with Crippen LogP contribution in [0.25, 0.3) is 0 Å². The third kappa shape index (κ3) is 116. The number of allylic oxidation sites excluding steroid dienone is 6. The summed E-state index contributed by atoms with van der Waals surface area (Å²) in [6, 6.07) is 0. The number of carbonyl (C=O) groups excluding carboxylic acids is 5. The summed E-state index contributed by atoms with van der Waals surface area (Å²) < 4.78 is 50.3. The van der Waals surface area contributed by atoms with Gasteiger partial charge in [0.15, 0.2) is 0 Å². The summed E-state index contributed by atoms with van der Waals surface area (Å²) in [5.74, 6) is -0.349. The Bertz CT molecular complexity index is 2540. The normalized spacial score (nSPS) is 12.8. The van der Waals surface area contributed by atoms with E-state index in [1.807, 2.05) is 42.3 Å². The molecule has 0 saturated heterocycles. The van der Waals surface area contributed by atoms with Crippen LogP contribution >= 0.6 is 0 Å². The van der Waals surface area contributed by atoms with Crippen molar-refractivity contribution in [2.45, 2.75) is 587 Å². The number of hydrogen-bond donors (Lipinski definition) is 0. The molecule has 0 aliphatic carbocycles. The lowest BCUT2D eigenvalue weighted by atomic mass is 10.0. The Kier molecular flexibility index (Phi) is 113. The zero-order valence-electron chi connectivity index (χ0n) is 91.9. The van der Waals surface area contributed by atoms with Crippen molar-refractivity contribution in [1.82, 2.24) is 14.7 Å². The van der Waals surface area contributed by atoms with Crippen molar-refractivity contribution in [3.05, 3.63) is 48.6 Å². The first-order chi connectivity index (χ1) is 65.9. The van der Waals surface area contributed by atoms with Gasteiger partial charge < -0.3 is 57.3 Å². The maximum absolute atomic E-state index is 12.4.